The summed E-state index contributed by atoms with van der Waals surface area (Å²) in [6.07, 6.45) is -1.81. The molecule has 0 bridgehead atoms. The Labute approximate surface area is 163 Å². The number of carboxylic acids is 1. The molecule has 9 nitrogen and oxygen atoms in total. The number of esters is 2. The zero-order valence-corrected chi connectivity index (χ0v) is 16.1. The van der Waals surface area contributed by atoms with Gasteiger partial charge in [-0.1, -0.05) is 30.3 Å². The number of nitrogens with one attached hydrogen (secondary N) is 1. The van der Waals surface area contributed by atoms with Crippen LogP contribution in [0.3, 0.4) is 0 Å². The van der Waals surface area contributed by atoms with Crippen LogP contribution in [0.1, 0.15) is 39.2 Å². The number of carboxylic acid groups (broad SMARTS) is 1. The lowest BCUT2D eigenvalue weighted by atomic mass is 10.2. The SMILES string of the molecule is CC(C)(C)OC(=O)CCOC(=O)NC(CC(=O)OCc1ccccc1)C(=O)O. The number of aliphatic carboxylic acids is 1. The fraction of sp³-hybridized carbons (Fsp3) is 0.474. The van der Waals surface area contributed by atoms with E-state index in [9.17, 15) is 19.2 Å². The molecule has 0 spiro atoms. The van der Waals surface area contributed by atoms with E-state index in [2.05, 4.69) is 5.32 Å². The number of carbonyl (C=O) groups is 4. The highest BCUT2D eigenvalue weighted by Gasteiger charge is 2.25. The highest BCUT2D eigenvalue weighted by atomic mass is 16.6. The van der Waals surface area contributed by atoms with Crippen molar-refractivity contribution in [2.45, 2.75) is 51.9 Å². The zero-order valence-electron chi connectivity index (χ0n) is 16.1. The average molecular weight is 395 g/mol. The summed E-state index contributed by atoms with van der Waals surface area (Å²) in [7, 11) is 0. The van der Waals surface area contributed by atoms with Gasteiger partial charge in [-0.05, 0) is 26.3 Å². The Balaban J connectivity index is 2.38. The molecule has 0 aliphatic heterocycles. The molecule has 0 aliphatic rings. The van der Waals surface area contributed by atoms with Crippen LogP contribution >= 0.6 is 0 Å². The summed E-state index contributed by atoms with van der Waals surface area (Å²) in [5.74, 6) is -2.76. The fourth-order valence-electron chi connectivity index (χ4n) is 1.97. The molecule has 0 heterocycles. The number of benzene rings is 1. The van der Waals surface area contributed by atoms with Gasteiger partial charge < -0.3 is 24.6 Å². The van der Waals surface area contributed by atoms with Crippen molar-refractivity contribution in [2.24, 2.45) is 0 Å². The second-order valence-electron chi connectivity index (χ2n) is 6.86. The molecule has 0 aromatic heterocycles. The molecular weight excluding hydrogens is 370 g/mol. The molecule has 0 radical (unpaired) electrons. The summed E-state index contributed by atoms with van der Waals surface area (Å²) in [6, 6.07) is 7.35. The van der Waals surface area contributed by atoms with E-state index in [0.29, 0.717) is 0 Å². The standard InChI is InChI=1S/C19H25NO8/c1-19(2,3)28-15(21)9-10-26-18(25)20-14(17(23)24)11-16(22)27-12-13-7-5-4-6-8-13/h4-8,14H,9-12H2,1-3H3,(H,20,25)(H,23,24). The number of rotatable bonds is 9. The van der Waals surface area contributed by atoms with Gasteiger partial charge in [0.25, 0.3) is 0 Å². The van der Waals surface area contributed by atoms with Gasteiger partial charge >= 0.3 is 24.0 Å². The molecule has 1 rings (SSSR count). The van der Waals surface area contributed by atoms with Crippen LogP contribution in [-0.2, 0) is 35.2 Å². The minimum Gasteiger partial charge on any atom is -0.480 e. The highest BCUT2D eigenvalue weighted by Crippen LogP contribution is 2.08. The monoisotopic (exact) mass is 395 g/mol. The quantitative estimate of drug-likeness (QED) is 0.480. The van der Waals surface area contributed by atoms with Crippen LogP contribution < -0.4 is 5.32 Å². The van der Waals surface area contributed by atoms with Gasteiger partial charge in [-0.3, -0.25) is 9.59 Å². The van der Waals surface area contributed by atoms with Crippen LogP contribution in [0, 0.1) is 0 Å². The van der Waals surface area contributed by atoms with E-state index >= 15 is 0 Å². The van der Waals surface area contributed by atoms with Gasteiger partial charge in [0.15, 0.2) is 0 Å². The van der Waals surface area contributed by atoms with Crippen LogP contribution in [0.5, 0.6) is 0 Å². The van der Waals surface area contributed by atoms with Crippen LogP contribution in [0.25, 0.3) is 0 Å². The van der Waals surface area contributed by atoms with Crippen molar-refractivity contribution in [1.29, 1.82) is 0 Å². The van der Waals surface area contributed by atoms with E-state index < -0.39 is 42.1 Å². The van der Waals surface area contributed by atoms with E-state index in [-0.39, 0.29) is 19.6 Å². The van der Waals surface area contributed by atoms with Gasteiger partial charge in [0, 0.05) is 0 Å². The number of hydrogen-bond donors (Lipinski definition) is 2. The highest BCUT2D eigenvalue weighted by molar-refractivity contribution is 5.85. The predicted molar refractivity (Wildman–Crippen MR) is 97.2 cm³/mol. The van der Waals surface area contributed by atoms with E-state index in [1.54, 1.807) is 45.0 Å². The summed E-state index contributed by atoms with van der Waals surface area (Å²) >= 11 is 0. The third kappa shape index (κ3) is 10.1. The predicted octanol–water partition coefficient (Wildman–Crippen LogP) is 2.03. The molecule has 0 saturated carbocycles. The van der Waals surface area contributed by atoms with E-state index in [1.165, 1.54) is 0 Å². The molecule has 0 fully saturated rings. The Hall–Kier alpha value is -3.10. The molecule has 0 saturated heterocycles. The zero-order chi connectivity index (χ0) is 21.2. The van der Waals surface area contributed by atoms with Gasteiger partial charge in [0.2, 0.25) is 0 Å². The molecule has 0 aliphatic carbocycles. The van der Waals surface area contributed by atoms with Crippen LogP contribution in [-0.4, -0.2) is 47.4 Å². The van der Waals surface area contributed by atoms with E-state index in [0.717, 1.165) is 5.56 Å². The Kier molecular flexibility index (Phi) is 8.94. The van der Waals surface area contributed by atoms with Gasteiger partial charge in [-0.2, -0.15) is 0 Å². The van der Waals surface area contributed by atoms with Crippen molar-refractivity contribution in [3.8, 4) is 0 Å². The topological polar surface area (TPSA) is 128 Å². The third-order valence-corrected chi connectivity index (χ3v) is 3.16. The Bertz CT molecular complexity index is 681. The largest absolute Gasteiger partial charge is 0.480 e. The number of ether oxygens (including phenoxy) is 3. The minimum absolute atomic E-state index is 0.00759. The first-order chi connectivity index (χ1) is 13.1. The summed E-state index contributed by atoms with van der Waals surface area (Å²) in [4.78, 5) is 46.2. The summed E-state index contributed by atoms with van der Waals surface area (Å²) in [6.45, 7) is 4.81. The molecule has 154 valence electrons. The Morgan fingerprint density at radius 1 is 1.04 bits per heavy atom. The van der Waals surface area contributed by atoms with Crippen LogP contribution in [0.4, 0.5) is 4.79 Å². The van der Waals surface area contributed by atoms with Crippen LogP contribution in [0.2, 0.25) is 0 Å². The van der Waals surface area contributed by atoms with E-state index in [1.807, 2.05) is 6.07 Å². The van der Waals surface area contributed by atoms with Gasteiger partial charge in [-0.25, -0.2) is 9.59 Å². The Morgan fingerprint density at radius 3 is 2.25 bits per heavy atom. The van der Waals surface area contributed by atoms with Crippen molar-refractivity contribution in [3.05, 3.63) is 35.9 Å². The Morgan fingerprint density at radius 2 is 1.68 bits per heavy atom. The molecule has 28 heavy (non-hydrogen) atoms. The number of alkyl carbamates (subject to hydrolysis) is 1. The van der Waals surface area contributed by atoms with Crippen molar-refractivity contribution in [2.75, 3.05) is 6.61 Å². The fourth-order valence-corrected chi connectivity index (χ4v) is 1.97. The van der Waals surface area contributed by atoms with Crippen molar-refractivity contribution < 1.29 is 38.5 Å². The molecule has 1 aromatic carbocycles. The van der Waals surface area contributed by atoms with Gasteiger partial charge in [0.1, 0.15) is 24.9 Å². The molecule has 1 unspecified atom stereocenters. The maximum absolute atomic E-state index is 11.8. The summed E-state index contributed by atoms with van der Waals surface area (Å²) in [5.41, 5.74) is 0.0886. The minimum atomic E-state index is -1.52. The van der Waals surface area contributed by atoms with Gasteiger partial charge in [0.05, 0.1) is 12.8 Å². The van der Waals surface area contributed by atoms with Crippen molar-refractivity contribution >= 4 is 24.0 Å². The lowest BCUT2D eigenvalue weighted by Crippen LogP contribution is -2.43. The second-order valence-corrected chi connectivity index (χ2v) is 6.86. The smallest absolute Gasteiger partial charge is 0.407 e. The molecule has 2 N–H and O–H groups in total. The maximum Gasteiger partial charge on any atom is 0.407 e. The average Bonchev–Trinajstić information content (AvgIpc) is 2.58. The van der Waals surface area contributed by atoms with Crippen molar-refractivity contribution in [3.63, 3.8) is 0 Å². The van der Waals surface area contributed by atoms with Gasteiger partial charge in [-0.15, -0.1) is 0 Å². The first kappa shape index (κ1) is 22.9. The molecular formula is C19H25NO8. The summed E-state index contributed by atoms with van der Waals surface area (Å²) in [5, 5.41) is 11.2. The van der Waals surface area contributed by atoms with Crippen molar-refractivity contribution in [1.82, 2.24) is 5.32 Å². The lowest BCUT2D eigenvalue weighted by Gasteiger charge is -2.19. The first-order valence-corrected chi connectivity index (χ1v) is 8.64. The molecule has 1 aromatic rings. The molecule has 1 atom stereocenters. The first-order valence-electron chi connectivity index (χ1n) is 8.64. The molecule has 1 amide bonds. The van der Waals surface area contributed by atoms with E-state index in [4.69, 9.17) is 19.3 Å². The number of carbonyl (C=O) groups excluding carboxylic acids is 3. The molecule has 9 heteroatoms. The van der Waals surface area contributed by atoms with Crippen LogP contribution in [0.15, 0.2) is 30.3 Å². The second kappa shape index (κ2) is 10.9. The normalized spacial score (nSPS) is 11.8. The number of amides is 1. The maximum atomic E-state index is 11.8. The number of hydrogen-bond acceptors (Lipinski definition) is 7. The third-order valence-electron chi connectivity index (χ3n) is 3.16. The lowest BCUT2D eigenvalue weighted by molar-refractivity contribution is -0.155. The summed E-state index contributed by atoms with van der Waals surface area (Å²) < 4.78 is 14.8.